The van der Waals surface area contributed by atoms with Crippen LogP contribution >= 0.6 is 10.7 Å². The third-order valence-corrected chi connectivity index (χ3v) is 3.29. The van der Waals surface area contributed by atoms with Gasteiger partial charge in [-0.3, -0.25) is 0 Å². The van der Waals surface area contributed by atoms with Crippen molar-refractivity contribution in [3.63, 3.8) is 0 Å². The van der Waals surface area contributed by atoms with Crippen LogP contribution in [0.25, 0.3) is 0 Å². The second kappa shape index (κ2) is 5.17. The van der Waals surface area contributed by atoms with Crippen LogP contribution < -0.4 is 4.72 Å². The molecule has 13 heavy (non-hydrogen) atoms. The fourth-order valence-electron chi connectivity index (χ4n) is 1.77. The minimum atomic E-state index is -3.53. The molecule has 1 fully saturated rings. The van der Waals surface area contributed by atoms with Gasteiger partial charge in [0, 0.05) is 16.7 Å². The van der Waals surface area contributed by atoms with Crippen molar-refractivity contribution >= 4 is 19.9 Å². The highest BCUT2D eigenvalue weighted by Crippen LogP contribution is 2.17. The Morgan fingerprint density at radius 2 is 1.46 bits per heavy atom. The lowest BCUT2D eigenvalue weighted by Crippen LogP contribution is -2.32. The molecule has 0 aromatic heterocycles. The van der Waals surface area contributed by atoms with Crippen LogP contribution in [-0.4, -0.2) is 14.5 Å². The summed E-state index contributed by atoms with van der Waals surface area (Å²) in [5.41, 5.74) is 0. The van der Waals surface area contributed by atoms with E-state index in [1.54, 1.807) is 0 Å². The summed E-state index contributed by atoms with van der Waals surface area (Å²) in [5, 5.41) is 0. The van der Waals surface area contributed by atoms with E-state index in [1.165, 1.54) is 19.3 Å². The minimum absolute atomic E-state index is 0.0581. The normalized spacial score (nSPS) is 22.2. The molecule has 0 aliphatic heterocycles. The number of halogens is 1. The van der Waals surface area contributed by atoms with E-state index in [0.29, 0.717) is 0 Å². The molecule has 0 saturated heterocycles. The molecule has 1 N–H and O–H groups in total. The van der Waals surface area contributed by atoms with Crippen molar-refractivity contribution in [2.24, 2.45) is 0 Å². The van der Waals surface area contributed by atoms with Crippen LogP contribution in [0.2, 0.25) is 0 Å². The highest BCUT2D eigenvalue weighted by Gasteiger charge is 2.15. The fraction of sp³-hybridized carbons (Fsp3) is 1.00. The zero-order valence-corrected chi connectivity index (χ0v) is 9.20. The predicted octanol–water partition coefficient (Wildman–Crippen LogP) is 2.17. The summed E-state index contributed by atoms with van der Waals surface area (Å²) >= 11 is 0. The Morgan fingerprint density at radius 1 is 1.00 bits per heavy atom. The molecule has 5 heteroatoms. The first-order chi connectivity index (χ1) is 6.08. The van der Waals surface area contributed by atoms with Gasteiger partial charge in [-0.05, 0) is 12.8 Å². The fourth-order valence-corrected chi connectivity index (χ4v) is 2.78. The maximum atomic E-state index is 10.8. The molecule has 1 aliphatic carbocycles. The van der Waals surface area contributed by atoms with E-state index in [4.69, 9.17) is 10.7 Å². The van der Waals surface area contributed by atoms with E-state index in [-0.39, 0.29) is 6.04 Å². The van der Waals surface area contributed by atoms with Gasteiger partial charge in [0.05, 0.1) is 0 Å². The topological polar surface area (TPSA) is 46.2 Å². The van der Waals surface area contributed by atoms with Crippen LogP contribution in [0.5, 0.6) is 0 Å². The summed E-state index contributed by atoms with van der Waals surface area (Å²) in [6, 6.07) is 0.0581. The van der Waals surface area contributed by atoms with E-state index in [0.717, 1.165) is 25.7 Å². The molecule has 0 amide bonds. The van der Waals surface area contributed by atoms with Gasteiger partial charge in [0.2, 0.25) is 0 Å². The van der Waals surface area contributed by atoms with E-state index in [9.17, 15) is 8.42 Å². The highest BCUT2D eigenvalue weighted by atomic mass is 35.7. The second-order valence-corrected chi connectivity index (χ2v) is 5.93. The summed E-state index contributed by atoms with van der Waals surface area (Å²) in [6.45, 7) is 0. The minimum Gasteiger partial charge on any atom is -0.199 e. The SMILES string of the molecule is O=S(=O)(Cl)NC1CCCCCCC1. The molecule has 0 radical (unpaired) electrons. The third kappa shape index (κ3) is 5.49. The van der Waals surface area contributed by atoms with Crippen LogP contribution in [0, 0.1) is 0 Å². The monoisotopic (exact) mass is 225 g/mol. The van der Waals surface area contributed by atoms with E-state index in [1.807, 2.05) is 0 Å². The average molecular weight is 226 g/mol. The van der Waals surface area contributed by atoms with Gasteiger partial charge in [-0.1, -0.05) is 32.1 Å². The summed E-state index contributed by atoms with van der Waals surface area (Å²) < 4.78 is 24.0. The Balaban J connectivity index is 2.38. The maximum Gasteiger partial charge on any atom is 0.297 e. The van der Waals surface area contributed by atoms with Crippen LogP contribution in [0.15, 0.2) is 0 Å². The molecule has 1 saturated carbocycles. The Morgan fingerprint density at radius 3 is 1.92 bits per heavy atom. The molecule has 0 heterocycles. The zero-order chi connectivity index (χ0) is 9.73. The van der Waals surface area contributed by atoms with Crippen LogP contribution in [0.3, 0.4) is 0 Å². The van der Waals surface area contributed by atoms with Gasteiger partial charge in [-0.15, -0.1) is 0 Å². The smallest absolute Gasteiger partial charge is 0.199 e. The van der Waals surface area contributed by atoms with Gasteiger partial charge in [-0.2, -0.15) is 13.1 Å². The van der Waals surface area contributed by atoms with Gasteiger partial charge in [-0.25, -0.2) is 0 Å². The van der Waals surface area contributed by atoms with E-state index in [2.05, 4.69) is 4.72 Å². The summed E-state index contributed by atoms with van der Waals surface area (Å²) in [4.78, 5) is 0. The van der Waals surface area contributed by atoms with Crippen molar-refractivity contribution in [1.82, 2.24) is 4.72 Å². The van der Waals surface area contributed by atoms with E-state index < -0.39 is 9.24 Å². The molecule has 0 aromatic carbocycles. The van der Waals surface area contributed by atoms with Gasteiger partial charge in [0.1, 0.15) is 0 Å². The molecular weight excluding hydrogens is 210 g/mol. The highest BCUT2D eigenvalue weighted by molar-refractivity contribution is 8.12. The maximum absolute atomic E-state index is 10.8. The van der Waals surface area contributed by atoms with Crippen molar-refractivity contribution in [1.29, 1.82) is 0 Å². The molecule has 1 rings (SSSR count). The third-order valence-electron chi connectivity index (χ3n) is 2.41. The zero-order valence-electron chi connectivity index (χ0n) is 7.63. The van der Waals surface area contributed by atoms with Crippen molar-refractivity contribution in [2.45, 2.75) is 51.0 Å². The summed E-state index contributed by atoms with van der Waals surface area (Å²) in [6.07, 6.45) is 7.74. The second-order valence-electron chi connectivity index (χ2n) is 3.60. The Bertz CT molecular complexity index is 233. The number of nitrogens with one attached hydrogen (secondary N) is 1. The number of rotatable bonds is 2. The standard InChI is InChI=1S/C8H16ClNO2S/c9-13(11,12)10-8-6-4-2-1-3-5-7-8/h8,10H,1-7H2. The molecular formula is C8H16ClNO2S. The van der Waals surface area contributed by atoms with E-state index >= 15 is 0 Å². The van der Waals surface area contributed by atoms with Crippen molar-refractivity contribution in [3.8, 4) is 0 Å². The van der Waals surface area contributed by atoms with Crippen molar-refractivity contribution in [2.75, 3.05) is 0 Å². The summed E-state index contributed by atoms with van der Waals surface area (Å²) in [5.74, 6) is 0. The van der Waals surface area contributed by atoms with Crippen LogP contribution in [-0.2, 0) is 9.24 Å². The largest absolute Gasteiger partial charge is 0.297 e. The van der Waals surface area contributed by atoms with Gasteiger partial charge >= 0.3 is 0 Å². The first-order valence-corrected chi connectivity index (χ1v) is 7.11. The first-order valence-electron chi connectivity index (χ1n) is 4.80. The number of hydrogen-bond acceptors (Lipinski definition) is 2. The molecule has 3 nitrogen and oxygen atoms in total. The van der Waals surface area contributed by atoms with Gasteiger partial charge in [0.15, 0.2) is 0 Å². The number of hydrogen-bond donors (Lipinski definition) is 1. The average Bonchev–Trinajstić information content (AvgIpc) is 1.92. The van der Waals surface area contributed by atoms with Crippen LogP contribution in [0.1, 0.15) is 44.9 Å². The Hall–Kier alpha value is 0.200. The molecule has 0 unspecified atom stereocenters. The molecule has 0 bridgehead atoms. The predicted molar refractivity (Wildman–Crippen MR) is 54.0 cm³/mol. The molecule has 0 aromatic rings. The van der Waals surface area contributed by atoms with Gasteiger partial charge < -0.3 is 0 Å². The molecule has 0 spiro atoms. The van der Waals surface area contributed by atoms with Gasteiger partial charge in [0.25, 0.3) is 9.24 Å². The molecule has 78 valence electrons. The lowest BCUT2D eigenvalue weighted by molar-refractivity contribution is 0.429. The molecule has 0 atom stereocenters. The molecule has 1 aliphatic rings. The van der Waals surface area contributed by atoms with Crippen molar-refractivity contribution in [3.05, 3.63) is 0 Å². The lowest BCUT2D eigenvalue weighted by Gasteiger charge is -2.18. The Labute approximate surface area is 84.4 Å². The first kappa shape index (κ1) is 11.3. The summed E-state index contributed by atoms with van der Waals surface area (Å²) in [7, 11) is 1.59. The Kier molecular flexibility index (Phi) is 4.49. The quantitative estimate of drug-likeness (QED) is 0.733. The lowest BCUT2D eigenvalue weighted by atomic mass is 9.97. The van der Waals surface area contributed by atoms with Crippen LogP contribution in [0.4, 0.5) is 0 Å². The van der Waals surface area contributed by atoms with Crippen molar-refractivity contribution < 1.29 is 8.42 Å².